The maximum absolute atomic E-state index is 5.82. The van der Waals surface area contributed by atoms with Gasteiger partial charge in [-0.25, -0.2) is 4.99 Å². The number of nitrogens with zero attached hydrogens (tertiary/aromatic N) is 1. The Balaban J connectivity index is 1.72. The molecule has 3 heteroatoms. The molecule has 0 bridgehead atoms. The van der Waals surface area contributed by atoms with Crippen LogP contribution in [0, 0.1) is 5.92 Å². The number of hydrogen-bond acceptors (Lipinski definition) is 3. The molecule has 1 aliphatic rings. The van der Waals surface area contributed by atoms with Crippen LogP contribution in [0.2, 0.25) is 0 Å². The SMILES string of the molecule is COc1ccc(N=C2O[C@@H](c3ccccc3)[C@@H]2C)cc1. The molecule has 0 aromatic heterocycles. The van der Waals surface area contributed by atoms with Gasteiger partial charge in [-0.3, -0.25) is 0 Å². The molecule has 1 heterocycles. The van der Waals surface area contributed by atoms with Gasteiger partial charge in [0, 0.05) is 0 Å². The van der Waals surface area contributed by atoms with E-state index in [2.05, 4.69) is 24.0 Å². The third-order valence-electron chi connectivity index (χ3n) is 3.53. The van der Waals surface area contributed by atoms with E-state index >= 15 is 0 Å². The normalized spacial score (nSPS) is 23.0. The topological polar surface area (TPSA) is 30.8 Å². The van der Waals surface area contributed by atoms with Crippen molar-refractivity contribution in [1.82, 2.24) is 0 Å². The third-order valence-corrected chi connectivity index (χ3v) is 3.53. The molecular weight excluding hydrogens is 250 g/mol. The highest BCUT2D eigenvalue weighted by atomic mass is 16.5. The number of aliphatic imine (C=N–C) groups is 1. The summed E-state index contributed by atoms with van der Waals surface area (Å²) < 4.78 is 10.9. The van der Waals surface area contributed by atoms with Crippen molar-refractivity contribution < 1.29 is 9.47 Å². The number of methoxy groups -OCH3 is 1. The fourth-order valence-electron chi connectivity index (χ4n) is 2.31. The van der Waals surface area contributed by atoms with E-state index in [1.807, 2.05) is 42.5 Å². The first-order valence-electron chi connectivity index (χ1n) is 6.72. The van der Waals surface area contributed by atoms with Crippen LogP contribution in [0.15, 0.2) is 59.6 Å². The molecule has 1 fully saturated rings. The van der Waals surface area contributed by atoms with Crippen molar-refractivity contribution >= 4 is 11.6 Å². The van der Waals surface area contributed by atoms with Gasteiger partial charge in [0.2, 0.25) is 0 Å². The van der Waals surface area contributed by atoms with E-state index < -0.39 is 0 Å². The van der Waals surface area contributed by atoms with E-state index in [1.165, 1.54) is 5.56 Å². The van der Waals surface area contributed by atoms with Gasteiger partial charge >= 0.3 is 0 Å². The van der Waals surface area contributed by atoms with Gasteiger partial charge in [-0.15, -0.1) is 0 Å². The molecule has 3 nitrogen and oxygen atoms in total. The predicted octanol–water partition coefficient (Wildman–Crippen LogP) is 4.13. The minimum atomic E-state index is 0.119. The summed E-state index contributed by atoms with van der Waals surface area (Å²) in [5.41, 5.74) is 2.09. The van der Waals surface area contributed by atoms with Gasteiger partial charge in [0.25, 0.3) is 0 Å². The molecule has 0 unspecified atom stereocenters. The molecule has 0 N–H and O–H groups in total. The molecule has 20 heavy (non-hydrogen) atoms. The van der Waals surface area contributed by atoms with Crippen LogP contribution in [-0.4, -0.2) is 13.0 Å². The molecule has 1 saturated heterocycles. The van der Waals surface area contributed by atoms with Gasteiger partial charge in [-0.1, -0.05) is 30.3 Å². The fourth-order valence-corrected chi connectivity index (χ4v) is 2.31. The summed E-state index contributed by atoms with van der Waals surface area (Å²) in [5, 5.41) is 0. The average molecular weight is 267 g/mol. The van der Waals surface area contributed by atoms with E-state index in [-0.39, 0.29) is 6.10 Å². The van der Waals surface area contributed by atoms with Crippen LogP contribution in [0.3, 0.4) is 0 Å². The quantitative estimate of drug-likeness (QED) is 0.837. The van der Waals surface area contributed by atoms with Crippen LogP contribution < -0.4 is 4.74 Å². The zero-order valence-corrected chi connectivity index (χ0v) is 11.6. The first-order chi connectivity index (χ1) is 9.78. The summed E-state index contributed by atoms with van der Waals surface area (Å²) in [6.45, 7) is 2.14. The van der Waals surface area contributed by atoms with Crippen molar-refractivity contribution in [2.24, 2.45) is 10.9 Å². The minimum Gasteiger partial charge on any atom is -0.497 e. The average Bonchev–Trinajstić information content (AvgIpc) is 2.52. The Labute approximate surface area is 118 Å². The molecule has 0 aliphatic carbocycles. The minimum absolute atomic E-state index is 0.119. The Kier molecular flexibility index (Phi) is 3.42. The zero-order chi connectivity index (χ0) is 13.9. The van der Waals surface area contributed by atoms with Crippen LogP contribution in [0.1, 0.15) is 18.6 Å². The molecule has 3 rings (SSSR count). The second-order valence-corrected chi connectivity index (χ2v) is 4.89. The lowest BCUT2D eigenvalue weighted by Crippen LogP contribution is -2.36. The van der Waals surface area contributed by atoms with Gasteiger partial charge in [0.15, 0.2) is 5.90 Å². The van der Waals surface area contributed by atoms with Crippen LogP contribution in [0.25, 0.3) is 0 Å². The number of rotatable bonds is 3. The lowest BCUT2D eigenvalue weighted by molar-refractivity contribution is 0.0662. The van der Waals surface area contributed by atoms with Gasteiger partial charge in [-0.05, 0) is 36.8 Å². The van der Waals surface area contributed by atoms with Crippen molar-refractivity contribution in [3.05, 3.63) is 60.2 Å². The van der Waals surface area contributed by atoms with E-state index in [0.29, 0.717) is 5.92 Å². The molecule has 102 valence electrons. The molecule has 2 atom stereocenters. The fraction of sp³-hybridized carbons (Fsp3) is 0.235. The molecule has 2 aromatic rings. The highest BCUT2D eigenvalue weighted by molar-refractivity contribution is 5.86. The Hall–Kier alpha value is -2.29. The molecule has 0 spiro atoms. The molecule has 1 aliphatic heterocycles. The summed E-state index contributed by atoms with van der Waals surface area (Å²) in [6, 6.07) is 17.9. The van der Waals surface area contributed by atoms with Crippen molar-refractivity contribution in [2.45, 2.75) is 13.0 Å². The highest BCUT2D eigenvalue weighted by Gasteiger charge is 2.37. The highest BCUT2D eigenvalue weighted by Crippen LogP contribution is 2.38. The van der Waals surface area contributed by atoms with Crippen molar-refractivity contribution in [3.63, 3.8) is 0 Å². The first-order valence-corrected chi connectivity index (χ1v) is 6.72. The predicted molar refractivity (Wildman–Crippen MR) is 79.5 cm³/mol. The third kappa shape index (κ3) is 2.39. The maximum atomic E-state index is 5.82. The van der Waals surface area contributed by atoms with Gasteiger partial charge < -0.3 is 9.47 Å². The Bertz CT molecular complexity index is 605. The van der Waals surface area contributed by atoms with E-state index in [1.54, 1.807) is 7.11 Å². The number of ether oxygens (including phenoxy) is 2. The number of benzene rings is 2. The largest absolute Gasteiger partial charge is 0.497 e. The van der Waals surface area contributed by atoms with Crippen molar-refractivity contribution in [3.8, 4) is 5.75 Å². The lowest BCUT2D eigenvalue weighted by Gasteiger charge is -2.36. The summed E-state index contributed by atoms with van der Waals surface area (Å²) >= 11 is 0. The first kappa shape index (κ1) is 12.7. The zero-order valence-electron chi connectivity index (χ0n) is 11.6. The molecule has 0 radical (unpaired) electrons. The molecule has 0 amide bonds. The monoisotopic (exact) mass is 267 g/mol. The maximum Gasteiger partial charge on any atom is 0.196 e. The Morgan fingerprint density at radius 2 is 1.70 bits per heavy atom. The van der Waals surface area contributed by atoms with Crippen LogP contribution >= 0.6 is 0 Å². The Morgan fingerprint density at radius 1 is 1.00 bits per heavy atom. The summed E-state index contributed by atoms with van der Waals surface area (Å²) in [7, 11) is 1.66. The van der Waals surface area contributed by atoms with Crippen LogP contribution in [-0.2, 0) is 4.74 Å². The number of hydrogen-bond donors (Lipinski definition) is 0. The van der Waals surface area contributed by atoms with E-state index in [9.17, 15) is 0 Å². The molecule has 2 aromatic carbocycles. The summed E-state index contributed by atoms with van der Waals surface area (Å²) in [4.78, 5) is 4.54. The van der Waals surface area contributed by atoms with Gasteiger partial charge in [0.1, 0.15) is 11.9 Å². The lowest BCUT2D eigenvalue weighted by atomic mass is 9.92. The van der Waals surface area contributed by atoms with Crippen LogP contribution in [0.4, 0.5) is 5.69 Å². The summed E-state index contributed by atoms with van der Waals surface area (Å²) in [5.74, 6) is 1.93. The van der Waals surface area contributed by atoms with Crippen molar-refractivity contribution in [2.75, 3.05) is 7.11 Å². The van der Waals surface area contributed by atoms with Gasteiger partial charge in [-0.2, -0.15) is 0 Å². The van der Waals surface area contributed by atoms with E-state index in [4.69, 9.17) is 9.47 Å². The standard InChI is InChI=1S/C17H17NO2/c1-12-16(13-6-4-3-5-7-13)20-17(12)18-14-8-10-15(19-2)11-9-14/h3-12,16H,1-2H3/t12-,16+/m0/s1. The summed E-state index contributed by atoms with van der Waals surface area (Å²) in [6.07, 6.45) is 0.119. The molecular formula is C17H17NO2. The van der Waals surface area contributed by atoms with E-state index in [0.717, 1.165) is 17.3 Å². The smallest absolute Gasteiger partial charge is 0.196 e. The van der Waals surface area contributed by atoms with Crippen LogP contribution in [0.5, 0.6) is 5.75 Å². The van der Waals surface area contributed by atoms with Gasteiger partial charge in [0.05, 0.1) is 18.7 Å². The second kappa shape index (κ2) is 5.37. The second-order valence-electron chi connectivity index (χ2n) is 4.89. The molecule has 0 saturated carbocycles. The Morgan fingerprint density at radius 3 is 2.30 bits per heavy atom. The van der Waals surface area contributed by atoms with Crippen molar-refractivity contribution in [1.29, 1.82) is 0 Å².